The Bertz CT molecular complexity index is 963. The maximum Gasteiger partial charge on any atom is 0.410 e. The van der Waals surface area contributed by atoms with Crippen LogP contribution < -0.4 is 4.72 Å². The lowest BCUT2D eigenvalue weighted by Crippen LogP contribution is -2.58. The van der Waals surface area contributed by atoms with Gasteiger partial charge in [0, 0.05) is 24.3 Å². The number of benzene rings is 1. The van der Waals surface area contributed by atoms with Crippen molar-refractivity contribution in [2.75, 3.05) is 12.8 Å². The van der Waals surface area contributed by atoms with Gasteiger partial charge in [0.25, 0.3) is 0 Å². The van der Waals surface area contributed by atoms with Crippen molar-refractivity contribution in [2.24, 2.45) is 0 Å². The van der Waals surface area contributed by atoms with Gasteiger partial charge >= 0.3 is 6.09 Å². The summed E-state index contributed by atoms with van der Waals surface area (Å²) in [5.74, 6) is 0. The molecule has 0 spiro atoms. The Kier molecular flexibility index (Phi) is 7.10. The normalized spacial score (nSPS) is 19.7. The Morgan fingerprint density at radius 1 is 1.27 bits per heavy atom. The Balaban J connectivity index is 1.89. The Morgan fingerprint density at radius 2 is 2.00 bits per heavy atom. The maximum absolute atomic E-state index is 12.7. The maximum atomic E-state index is 12.7. The van der Waals surface area contributed by atoms with Gasteiger partial charge in [-0.1, -0.05) is 30.3 Å². The van der Waals surface area contributed by atoms with Gasteiger partial charge in [-0.05, 0) is 50.8 Å². The largest absolute Gasteiger partial charge is 0.447 e. The first-order chi connectivity index (χ1) is 14.2. The molecule has 2 atom stereocenters. The molecule has 162 valence electrons. The molecule has 30 heavy (non-hydrogen) atoms. The second-order valence-electron chi connectivity index (χ2n) is 7.95. The third-order valence-corrected chi connectivity index (χ3v) is 5.79. The van der Waals surface area contributed by atoms with E-state index in [2.05, 4.69) is 9.71 Å². The van der Waals surface area contributed by atoms with Gasteiger partial charge < -0.3 is 9.64 Å². The molecule has 0 aliphatic carbocycles. The first kappa shape index (κ1) is 22.2. The molecule has 0 radical (unpaired) electrons. The first-order valence-electron chi connectivity index (χ1n) is 10.2. The SMILES string of the molecule is CC(C)OC(=O)N1CCCC(NS(C)(=O)=O)C1Cc1ccnc(-c2ccccc2)c1. The van der Waals surface area contributed by atoms with Crippen LogP contribution in [-0.2, 0) is 21.2 Å². The first-order valence-corrected chi connectivity index (χ1v) is 12.1. The fourth-order valence-corrected chi connectivity index (χ4v) is 4.65. The Hall–Kier alpha value is -2.45. The zero-order valence-electron chi connectivity index (χ0n) is 17.6. The molecule has 1 aliphatic rings. The molecule has 2 aromatic rings. The molecule has 1 aromatic heterocycles. The topological polar surface area (TPSA) is 88.6 Å². The monoisotopic (exact) mass is 431 g/mol. The van der Waals surface area contributed by atoms with Gasteiger partial charge in [-0.15, -0.1) is 0 Å². The third kappa shape index (κ3) is 6.03. The van der Waals surface area contributed by atoms with Crippen LogP contribution in [0, 0.1) is 0 Å². The number of ether oxygens (including phenoxy) is 1. The van der Waals surface area contributed by atoms with Crippen LogP contribution in [0.25, 0.3) is 11.3 Å². The summed E-state index contributed by atoms with van der Waals surface area (Å²) in [5.41, 5.74) is 2.83. The lowest BCUT2D eigenvalue weighted by molar-refractivity contribution is 0.0461. The number of hydrogen-bond donors (Lipinski definition) is 1. The van der Waals surface area contributed by atoms with Crippen molar-refractivity contribution in [3.63, 3.8) is 0 Å². The van der Waals surface area contributed by atoms with Gasteiger partial charge in [0.1, 0.15) is 0 Å². The molecule has 2 unspecified atom stereocenters. The highest BCUT2D eigenvalue weighted by Gasteiger charge is 2.37. The molecule has 1 fully saturated rings. The van der Waals surface area contributed by atoms with Crippen LogP contribution in [0.15, 0.2) is 48.7 Å². The summed E-state index contributed by atoms with van der Waals surface area (Å²) >= 11 is 0. The standard InChI is InChI=1S/C22H29N3O4S/c1-16(2)29-22(26)25-13-7-10-19(24-30(3,27)28)21(25)15-17-11-12-23-20(14-17)18-8-5-4-6-9-18/h4-6,8-9,11-12,14,16,19,21,24H,7,10,13,15H2,1-3H3. The number of pyridine rings is 1. The van der Waals surface area contributed by atoms with Crippen molar-refractivity contribution >= 4 is 16.1 Å². The summed E-state index contributed by atoms with van der Waals surface area (Å²) in [7, 11) is -3.41. The van der Waals surface area contributed by atoms with E-state index in [1.165, 1.54) is 0 Å². The van der Waals surface area contributed by atoms with E-state index < -0.39 is 16.1 Å². The van der Waals surface area contributed by atoms with Crippen LogP contribution in [0.2, 0.25) is 0 Å². The summed E-state index contributed by atoms with van der Waals surface area (Å²) in [6, 6.07) is 13.0. The van der Waals surface area contributed by atoms with Crippen LogP contribution in [0.1, 0.15) is 32.3 Å². The van der Waals surface area contributed by atoms with Crippen molar-refractivity contribution in [1.82, 2.24) is 14.6 Å². The molecule has 1 saturated heterocycles. The number of carbonyl (C=O) groups is 1. The van der Waals surface area contributed by atoms with E-state index in [4.69, 9.17) is 4.74 Å². The van der Waals surface area contributed by atoms with Crippen LogP contribution in [-0.4, -0.2) is 55.4 Å². The summed E-state index contributed by atoms with van der Waals surface area (Å²) in [5, 5.41) is 0. The fourth-order valence-electron chi connectivity index (χ4n) is 3.83. The van der Waals surface area contributed by atoms with Crippen molar-refractivity contribution in [3.8, 4) is 11.3 Å². The van der Waals surface area contributed by atoms with E-state index in [0.29, 0.717) is 25.8 Å². The van der Waals surface area contributed by atoms with Crippen molar-refractivity contribution in [1.29, 1.82) is 0 Å². The molecule has 1 aromatic carbocycles. The second-order valence-corrected chi connectivity index (χ2v) is 9.73. The van der Waals surface area contributed by atoms with Crippen LogP contribution in [0.5, 0.6) is 0 Å². The van der Waals surface area contributed by atoms with Crippen LogP contribution in [0.4, 0.5) is 4.79 Å². The molecule has 2 heterocycles. The quantitative estimate of drug-likeness (QED) is 0.759. The molecule has 1 N–H and O–H groups in total. The molecule has 1 aliphatic heterocycles. The average Bonchev–Trinajstić information content (AvgIpc) is 2.68. The van der Waals surface area contributed by atoms with Crippen molar-refractivity contribution in [2.45, 2.75) is 51.3 Å². The molecule has 3 rings (SSSR count). The van der Waals surface area contributed by atoms with Crippen molar-refractivity contribution in [3.05, 3.63) is 54.2 Å². The molecular formula is C22H29N3O4S. The lowest BCUT2D eigenvalue weighted by atomic mass is 9.91. The van der Waals surface area contributed by atoms with Gasteiger partial charge in [-0.2, -0.15) is 0 Å². The minimum atomic E-state index is -3.41. The van der Waals surface area contributed by atoms with E-state index in [1.54, 1.807) is 24.9 Å². The van der Waals surface area contributed by atoms with E-state index in [0.717, 1.165) is 23.1 Å². The summed E-state index contributed by atoms with van der Waals surface area (Å²) < 4.78 is 32.0. The third-order valence-electron chi connectivity index (χ3n) is 5.05. The molecular weight excluding hydrogens is 402 g/mol. The van der Waals surface area contributed by atoms with E-state index >= 15 is 0 Å². The second kappa shape index (κ2) is 9.57. The van der Waals surface area contributed by atoms with E-state index in [1.807, 2.05) is 42.5 Å². The minimum Gasteiger partial charge on any atom is -0.447 e. The number of nitrogens with one attached hydrogen (secondary N) is 1. The highest BCUT2D eigenvalue weighted by molar-refractivity contribution is 7.88. The smallest absolute Gasteiger partial charge is 0.410 e. The number of hydrogen-bond acceptors (Lipinski definition) is 5. The number of rotatable bonds is 6. The predicted molar refractivity (Wildman–Crippen MR) is 116 cm³/mol. The number of likely N-dealkylation sites (tertiary alicyclic amines) is 1. The number of sulfonamides is 1. The Labute approximate surface area is 178 Å². The average molecular weight is 432 g/mol. The Morgan fingerprint density at radius 3 is 2.67 bits per heavy atom. The fraction of sp³-hybridized carbons (Fsp3) is 0.455. The predicted octanol–water partition coefficient (Wildman–Crippen LogP) is 3.22. The van der Waals surface area contributed by atoms with Gasteiger partial charge in [0.15, 0.2) is 0 Å². The molecule has 0 saturated carbocycles. The number of amides is 1. The van der Waals surface area contributed by atoms with Crippen LogP contribution >= 0.6 is 0 Å². The molecule has 1 amide bonds. The van der Waals surface area contributed by atoms with Crippen molar-refractivity contribution < 1.29 is 17.9 Å². The molecule has 0 bridgehead atoms. The van der Waals surface area contributed by atoms with Gasteiger partial charge in [0.2, 0.25) is 10.0 Å². The van der Waals surface area contributed by atoms with E-state index in [-0.39, 0.29) is 18.2 Å². The highest BCUT2D eigenvalue weighted by Crippen LogP contribution is 2.25. The lowest BCUT2D eigenvalue weighted by Gasteiger charge is -2.41. The number of piperidine rings is 1. The zero-order valence-corrected chi connectivity index (χ0v) is 18.4. The molecule has 7 nitrogen and oxygen atoms in total. The minimum absolute atomic E-state index is 0.244. The van der Waals surface area contributed by atoms with Gasteiger partial charge in [-0.25, -0.2) is 17.9 Å². The van der Waals surface area contributed by atoms with Crippen LogP contribution in [0.3, 0.4) is 0 Å². The van der Waals surface area contributed by atoms with E-state index in [9.17, 15) is 13.2 Å². The summed E-state index contributed by atoms with van der Waals surface area (Å²) in [6.45, 7) is 4.14. The summed E-state index contributed by atoms with van der Waals surface area (Å²) in [6.07, 6.45) is 4.12. The number of aromatic nitrogens is 1. The highest BCUT2D eigenvalue weighted by atomic mass is 32.2. The zero-order chi connectivity index (χ0) is 21.7. The number of carbonyl (C=O) groups excluding carboxylic acids is 1. The molecule has 8 heteroatoms. The summed E-state index contributed by atoms with van der Waals surface area (Å²) in [4.78, 5) is 18.8. The number of nitrogens with zero attached hydrogens (tertiary/aromatic N) is 2. The van der Waals surface area contributed by atoms with Gasteiger partial charge in [-0.3, -0.25) is 4.98 Å². The van der Waals surface area contributed by atoms with Gasteiger partial charge in [0.05, 0.1) is 24.1 Å².